The van der Waals surface area contributed by atoms with E-state index in [4.69, 9.17) is 9.47 Å². The molecule has 0 aromatic heterocycles. The number of benzene rings is 2. The van der Waals surface area contributed by atoms with Gasteiger partial charge in [0.25, 0.3) is 0 Å². The highest BCUT2D eigenvalue weighted by atomic mass is 16.5. The highest BCUT2D eigenvalue weighted by Crippen LogP contribution is 2.19. The third-order valence-corrected chi connectivity index (χ3v) is 3.75. The summed E-state index contributed by atoms with van der Waals surface area (Å²) in [5, 5.41) is 2.94. The van der Waals surface area contributed by atoms with Crippen LogP contribution < -0.4 is 14.8 Å². The van der Waals surface area contributed by atoms with Crippen LogP contribution in [0.15, 0.2) is 42.5 Å². The summed E-state index contributed by atoms with van der Waals surface area (Å²) in [5.41, 5.74) is 3.28. The van der Waals surface area contributed by atoms with Crippen molar-refractivity contribution in [1.29, 1.82) is 0 Å². The number of rotatable bonds is 7. The van der Waals surface area contributed by atoms with E-state index in [1.165, 1.54) is 0 Å². The maximum Gasteiger partial charge on any atom is 0.220 e. The number of aryl methyl sites for hydroxylation is 2. The van der Waals surface area contributed by atoms with E-state index < -0.39 is 0 Å². The quantitative estimate of drug-likeness (QED) is 0.853. The van der Waals surface area contributed by atoms with E-state index in [9.17, 15) is 4.79 Å². The molecule has 0 radical (unpaired) electrons. The van der Waals surface area contributed by atoms with Gasteiger partial charge >= 0.3 is 0 Å². The molecule has 0 aliphatic heterocycles. The minimum absolute atomic E-state index is 0.0503. The first-order valence-electron chi connectivity index (χ1n) is 7.65. The summed E-state index contributed by atoms with van der Waals surface area (Å²) >= 11 is 0. The summed E-state index contributed by atoms with van der Waals surface area (Å²) in [4.78, 5) is 12.0. The third-order valence-electron chi connectivity index (χ3n) is 3.75. The van der Waals surface area contributed by atoms with Crippen LogP contribution in [0.4, 0.5) is 0 Å². The Labute approximate surface area is 137 Å². The molecule has 0 atom stereocenters. The van der Waals surface area contributed by atoms with Gasteiger partial charge < -0.3 is 14.8 Å². The molecular formula is C19H23NO3. The number of ether oxygens (including phenoxy) is 2. The van der Waals surface area contributed by atoms with E-state index >= 15 is 0 Å². The Hall–Kier alpha value is -2.49. The van der Waals surface area contributed by atoms with Crippen LogP contribution in [-0.4, -0.2) is 20.1 Å². The van der Waals surface area contributed by atoms with Gasteiger partial charge in [0.15, 0.2) is 0 Å². The van der Waals surface area contributed by atoms with Crippen LogP contribution >= 0.6 is 0 Å². The van der Waals surface area contributed by atoms with Crippen LogP contribution in [0, 0.1) is 6.92 Å². The van der Waals surface area contributed by atoms with Gasteiger partial charge in [-0.1, -0.05) is 24.3 Å². The number of carbonyl (C=O) groups excluding carboxylic acids is 1. The fourth-order valence-electron chi connectivity index (χ4n) is 2.39. The van der Waals surface area contributed by atoms with Crippen LogP contribution in [0.1, 0.15) is 23.1 Å². The van der Waals surface area contributed by atoms with E-state index in [2.05, 4.69) is 11.4 Å². The SMILES string of the molecule is COc1ccc(CNC(=O)CCc2ccc(OC)c(C)c2)cc1. The van der Waals surface area contributed by atoms with Gasteiger partial charge in [0, 0.05) is 13.0 Å². The van der Waals surface area contributed by atoms with Crippen molar-refractivity contribution in [3.8, 4) is 11.5 Å². The first-order chi connectivity index (χ1) is 11.1. The molecular weight excluding hydrogens is 290 g/mol. The molecule has 1 amide bonds. The summed E-state index contributed by atoms with van der Waals surface area (Å²) in [6.07, 6.45) is 1.20. The van der Waals surface area contributed by atoms with Gasteiger partial charge in [-0.15, -0.1) is 0 Å². The van der Waals surface area contributed by atoms with Crippen molar-refractivity contribution in [3.63, 3.8) is 0 Å². The molecule has 0 saturated carbocycles. The second kappa shape index (κ2) is 8.22. The molecule has 0 bridgehead atoms. The first kappa shape index (κ1) is 16.9. The normalized spacial score (nSPS) is 10.2. The van der Waals surface area contributed by atoms with E-state index in [-0.39, 0.29) is 5.91 Å². The van der Waals surface area contributed by atoms with Gasteiger partial charge in [-0.3, -0.25) is 4.79 Å². The number of amides is 1. The molecule has 0 heterocycles. The highest BCUT2D eigenvalue weighted by Gasteiger charge is 2.05. The zero-order valence-electron chi connectivity index (χ0n) is 13.9. The van der Waals surface area contributed by atoms with Crippen LogP contribution in [0.25, 0.3) is 0 Å². The minimum Gasteiger partial charge on any atom is -0.497 e. The monoisotopic (exact) mass is 313 g/mol. The largest absolute Gasteiger partial charge is 0.497 e. The molecule has 0 saturated heterocycles. The van der Waals surface area contributed by atoms with Crippen LogP contribution in [0.3, 0.4) is 0 Å². The molecule has 0 spiro atoms. The van der Waals surface area contributed by atoms with E-state index in [1.807, 2.05) is 43.3 Å². The number of nitrogens with one attached hydrogen (secondary N) is 1. The lowest BCUT2D eigenvalue weighted by atomic mass is 10.1. The zero-order valence-corrected chi connectivity index (χ0v) is 13.9. The Balaban J connectivity index is 1.79. The lowest BCUT2D eigenvalue weighted by Gasteiger charge is -2.08. The molecule has 1 N–H and O–H groups in total. The Bertz CT molecular complexity index is 650. The molecule has 2 rings (SSSR count). The fraction of sp³-hybridized carbons (Fsp3) is 0.316. The molecule has 0 aliphatic rings. The van der Waals surface area contributed by atoms with Gasteiger partial charge in [0.1, 0.15) is 11.5 Å². The molecule has 23 heavy (non-hydrogen) atoms. The van der Waals surface area contributed by atoms with Crippen LogP contribution in [0.2, 0.25) is 0 Å². The standard InChI is InChI=1S/C19H23NO3/c1-14-12-15(6-10-18(14)23-3)7-11-19(21)20-13-16-4-8-17(22-2)9-5-16/h4-6,8-10,12H,7,11,13H2,1-3H3,(H,20,21). The highest BCUT2D eigenvalue weighted by molar-refractivity contribution is 5.76. The van der Waals surface area contributed by atoms with Crippen molar-refractivity contribution in [2.24, 2.45) is 0 Å². The zero-order chi connectivity index (χ0) is 16.7. The van der Waals surface area contributed by atoms with Gasteiger partial charge in [0.2, 0.25) is 5.91 Å². The van der Waals surface area contributed by atoms with Crippen molar-refractivity contribution in [2.45, 2.75) is 26.3 Å². The maximum absolute atomic E-state index is 12.0. The van der Waals surface area contributed by atoms with Gasteiger partial charge in [-0.2, -0.15) is 0 Å². The molecule has 4 nitrogen and oxygen atoms in total. The molecule has 122 valence electrons. The average molecular weight is 313 g/mol. The van der Waals surface area contributed by atoms with E-state index in [0.29, 0.717) is 13.0 Å². The predicted octanol–water partition coefficient (Wildman–Crippen LogP) is 3.26. The van der Waals surface area contributed by atoms with Gasteiger partial charge in [-0.05, 0) is 48.2 Å². The smallest absolute Gasteiger partial charge is 0.220 e. The fourth-order valence-corrected chi connectivity index (χ4v) is 2.39. The van der Waals surface area contributed by atoms with Crippen molar-refractivity contribution < 1.29 is 14.3 Å². The molecule has 2 aromatic rings. The lowest BCUT2D eigenvalue weighted by molar-refractivity contribution is -0.121. The summed E-state index contributed by atoms with van der Waals surface area (Å²) < 4.78 is 10.4. The predicted molar refractivity (Wildman–Crippen MR) is 90.9 cm³/mol. The molecule has 4 heteroatoms. The summed E-state index contributed by atoms with van der Waals surface area (Å²) in [6, 6.07) is 13.7. The molecule has 0 fully saturated rings. The summed E-state index contributed by atoms with van der Waals surface area (Å²) in [6.45, 7) is 2.54. The third kappa shape index (κ3) is 5.02. The summed E-state index contributed by atoms with van der Waals surface area (Å²) in [7, 11) is 3.30. The lowest BCUT2D eigenvalue weighted by Crippen LogP contribution is -2.22. The number of hydrogen-bond acceptors (Lipinski definition) is 3. The van der Waals surface area contributed by atoms with Crippen LogP contribution in [0.5, 0.6) is 11.5 Å². The van der Waals surface area contributed by atoms with E-state index in [1.54, 1.807) is 14.2 Å². The van der Waals surface area contributed by atoms with Crippen molar-refractivity contribution in [2.75, 3.05) is 14.2 Å². The number of methoxy groups -OCH3 is 2. The first-order valence-corrected chi connectivity index (χ1v) is 7.65. The van der Waals surface area contributed by atoms with Crippen molar-refractivity contribution >= 4 is 5.91 Å². The second-order valence-electron chi connectivity index (χ2n) is 5.43. The van der Waals surface area contributed by atoms with Gasteiger partial charge in [-0.25, -0.2) is 0 Å². The van der Waals surface area contributed by atoms with Crippen molar-refractivity contribution in [1.82, 2.24) is 5.32 Å². The molecule has 0 aliphatic carbocycles. The Kier molecular flexibility index (Phi) is 6.03. The Morgan fingerprint density at radius 3 is 2.30 bits per heavy atom. The van der Waals surface area contributed by atoms with Crippen LogP contribution in [-0.2, 0) is 17.8 Å². The Morgan fingerprint density at radius 2 is 1.70 bits per heavy atom. The Morgan fingerprint density at radius 1 is 1.00 bits per heavy atom. The number of hydrogen-bond donors (Lipinski definition) is 1. The number of carbonyl (C=O) groups is 1. The molecule has 2 aromatic carbocycles. The average Bonchev–Trinajstić information content (AvgIpc) is 2.58. The van der Waals surface area contributed by atoms with E-state index in [0.717, 1.165) is 34.6 Å². The second-order valence-corrected chi connectivity index (χ2v) is 5.43. The summed E-state index contributed by atoms with van der Waals surface area (Å²) in [5.74, 6) is 1.74. The van der Waals surface area contributed by atoms with Crippen molar-refractivity contribution in [3.05, 3.63) is 59.2 Å². The topological polar surface area (TPSA) is 47.6 Å². The maximum atomic E-state index is 12.0. The molecule has 0 unspecified atom stereocenters. The minimum atomic E-state index is 0.0503. The van der Waals surface area contributed by atoms with Gasteiger partial charge in [0.05, 0.1) is 14.2 Å².